The maximum Gasteiger partial charge on any atom is 0.293 e. The molecule has 2 fully saturated rings. The van der Waals surface area contributed by atoms with Gasteiger partial charge < -0.3 is 15.1 Å². The molecule has 4 rings (SSSR count). The standard InChI is InChI=1S/C17H23N7O2.2ClH/c1-11-8-12(2)24-17(19-11)20-15(21-24)16(26)22-6-3-4-13(10-22)23-7-5-18-9-14(23)25;;/h8,13,18H,3-7,9-10H2,1-2H3;2*1H. The van der Waals surface area contributed by atoms with E-state index in [1.165, 1.54) is 0 Å². The van der Waals surface area contributed by atoms with Gasteiger partial charge in [0, 0.05) is 43.6 Å². The van der Waals surface area contributed by atoms with E-state index in [0.29, 0.717) is 32.0 Å². The van der Waals surface area contributed by atoms with Gasteiger partial charge in [0.05, 0.1) is 6.54 Å². The summed E-state index contributed by atoms with van der Waals surface area (Å²) >= 11 is 0. The van der Waals surface area contributed by atoms with Crippen LogP contribution in [0.5, 0.6) is 0 Å². The van der Waals surface area contributed by atoms with Crippen LogP contribution in [-0.4, -0.2) is 80.0 Å². The molecule has 154 valence electrons. The van der Waals surface area contributed by atoms with Crippen molar-refractivity contribution in [1.82, 2.24) is 34.7 Å². The molecule has 1 atom stereocenters. The maximum absolute atomic E-state index is 12.9. The molecular formula is C17H25Cl2N7O2. The molecule has 2 aromatic heterocycles. The molecule has 0 spiro atoms. The number of halogens is 2. The fraction of sp³-hybridized carbons (Fsp3) is 0.588. The first-order chi connectivity index (χ1) is 12.5. The number of hydrogen-bond donors (Lipinski definition) is 1. The van der Waals surface area contributed by atoms with Crippen LogP contribution in [0.25, 0.3) is 5.78 Å². The smallest absolute Gasteiger partial charge is 0.293 e. The van der Waals surface area contributed by atoms with Crippen LogP contribution in [0.3, 0.4) is 0 Å². The third-order valence-corrected chi connectivity index (χ3v) is 5.06. The van der Waals surface area contributed by atoms with Crippen molar-refractivity contribution in [2.45, 2.75) is 32.7 Å². The number of carbonyl (C=O) groups excluding carboxylic acids is 2. The van der Waals surface area contributed by atoms with Gasteiger partial charge in [-0.15, -0.1) is 29.9 Å². The van der Waals surface area contributed by atoms with Crippen LogP contribution >= 0.6 is 24.8 Å². The van der Waals surface area contributed by atoms with Crippen molar-refractivity contribution in [2.75, 3.05) is 32.7 Å². The molecule has 0 bridgehead atoms. The number of nitrogens with one attached hydrogen (secondary N) is 1. The predicted molar refractivity (Wildman–Crippen MR) is 108 cm³/mol. The van der Waals surface area contributed by atoms with Gasteiger partial charge in [0.2, 0.25) is 11.7 Å². The number of aromatic nitrogens is 4. The number of likely N-dealkylation sites (tertiary alicyclic amines) is 1. The highest BCUT2D eigenvalue weighted by Crippen LogP contribution is 2.18. The molecule has 0 aliphatic carbocycles. The van der Waals surface area contributed by atoms with Crippen LogP contribution in [-0.2, 0) is 4.79 Å². The molecule has 28 heavy (non-hydrogen) atoms. The minimum Gasteiger partial charge on any atom is -0.336 e. The molecule has 9 nitrogen and oxygen atoms in total. The topological polar surface area (TPSA) is 95.7 Å². The Balaban J connectivity index is 0.00000140. The van der Waals surface area contributed by atoms with E-state index < -0.39 is 0 Å². The zero-order valence-corrected chi connectivity index (χ0v) is 17.6. The Morgan fingerprint density at radius 2 is 2.00 bits per heavy atom. The first-order valence-corrected chi connectivity index (χ1v) is 9.03. The number of amides is 2. The molecule has 2 amide bonds. The quantitative estimate of drug-likeness (QED) is 0.751. The largest absolute Gasteiger partial charge is 0.336 e. The molecule has 2 saturated heterocycles. The van der Waals surface area contributed by atoms with E-state index in [1.807, 2.05) is 24.8 Å². The second-order valence-corrected chi connectivity index (χ2v) is 7.00. The van der Waals surface area contributed by atoms with Crippen molar-refractivity contribution in [3.8, 4) is 0 Å². The van der Waals surface area contributed by atoms with E-state index in [9.17, 15) is 9.59 Å². The molecule has 4 heterocycles. The molecule has 2 aliphatic heterocycles. The van der Waals surface area contributed by atoms with Crippen LogP contribution in [0.4, 0.5) is 0 Å². The van der Waals surface area contributed by atoms with Crippen LogP contribution in [0, 0.1) is 13.8 Å². The average molecular weight is 430 g/mol. The van der Waals surface area contributed by atoms with Gasteiger partial charge >= 0.3 is 0 Å². The molecule has 1 N–H and O–H groups in total. The third kappa shape index (κ3) is 4.21. The summed E-state index contributed by atoms with van der Waals surface area (Å²) in [5.41, 5.74) is 1.73. The van der Waals surface area contributed by atoms with Gasteiger partial charge in [-0.25, -0.2) is 9.50 Å². The Kier molecular flexibility index (Phi) is 7.19. The highest BCUT2D eigenvalue weighted by molar-refractivity contribution is 5.91. The highest BCUT2D eigenvalue weighted by atomic mass is 35.5. The van der Waals surface area contributed by atoms with Gasteiger partial charge in [-0.1, -0.05) is 0 Å². The molecule has 11 heteroatoms. The van der Waals surface area contributed by atoms with Crippen molar-refractivity contribution in [3.63, 3.8) is 0 Å². The Morgan fingerprint density at radius 3 is 2.75 bits per heavy atom. The lowest BCUT2D eigenvalue weighted by Crippen LogP contribution is -2.57. The number of fused-ring (bicyclic) bond motifs is 1. The van der Waals surface area contributed by atoms with Gasteiger partial charge in [-0.2, -0.15) is 4.98 Å². The lowest BCUT2D eigenvalue weighted by atomic mass is 10.0. The normalized spacial score (nSPS) is 19.9. The zero-order valence-electron chi connectivity index (χ0n) is 15.9. The fourth-order valence-corrected chi connectivity index (χ4v) is 3.80. The summed E-state index contributed by atoms with van der Waals surface area (Å²) in [5.74, 6) is 0.520. The number of hydrogen-bond acceptors (Lipinski definition) is 6. The van der Waals surface area contributed by atoms with E-state index in [2.05, 4.69) is 20.4 Å². The molecule has 0 radical (unpaired) electrons. The van der Waals surface area contributed by atoms with Crippen LogP contribution < -0.4 is 5.32 Å². The number of aryl methyl sites for hydroxylation is 2. The van der Waals surface area contributed by atoms with Gasteiger partial charge in [-0.3, -0.25) is 9.59 Å². The van der Waals surface area contributed by atoms with Gasteiger partial charge in [-0.05, 0) is 32.8 Å². The molecule has 2 aromatic rings. The zero-order chi connectivity index (χ0) is 18.3. The average Bonchev–Trinajstić information content (AvgIpc) is 3.06. The van der Waals surface area contributed by atoms with Gasteiger partial charge in [0.25, 0.3) is 11.7 Å². The summed E-state index contributed by atoms with van der Waals surface area (Å²) in [6, 6.07) is 1.98. The second-order valence-electron chi connectivity index (χ2n) is 7.00. The first kappa shape index (κ1) is 22.3. The van der Waals surface area contributed by atoms with Gasteiger partial charge in [0.1, 0.15) is 0 Å². The van der Waals surface area contributed by atoms with Crippen molar-refractivity contribution < 1.29 is 9.59 Å². The van der Waals surface area contributed by atoms with E-state index in [-0.39, 0.29) is 48.5 Å². The van der Waals surface area contributed by atoms with E-state index in [0.717, 1.165) is 30.8 Å². The Bertz CT molecular complexity index is 873. The summed E-state index contributed by atoms with van der Waals surface area (Å²) in [5, 5.41) is 7.43. The van der Waals surface area contributed by atoms with Gasteiger partial charge in [0.15, 0.2) is 0 Å². The second kappa shape index (κ2) is 9.02. The molecule has 2 aliphatic rings. The lowest BCUT2D eigenvalue weighted by Gasteiger charge is -2.40. The summed E-state index contributed by atoms with van der Waals surface area (Å²) in [6.45, 7) is 6.88. The monoisotopic (exact) mass is 429 g/mol. The summed E-state index contributed by atoms with van der Waals surface area (Å²) < 4.78 is 1.60. The fourth-order valence-electron chi connectivity index (χ4n) is 3.80. The number of piperazine rings is 1. The Hall–Kier alpha value is -1.97. The summed E-state index contributed by atoms with van der Waals surface area (Å²) in [7, 11) is 0. The van der Waals surface area contributed by atoms with Crippen LogP contribution in [0.1, 0.15) is 34.8 Å². The molecular weight excluding hydrogens is 405 g/mol. The lowest BCUT2D eigenvalue weighted by molar-refractivity contribution is -0.135. The number of nitrogens with zero attached hydrogens (tertiary/aromatic N) is 6. The number of rotatable bonds is 2. The van der Waals surface area contributed by atoms with E-state index >= 15 is 0 Å². The maximum atomic E-state index is 12.9. The Labute approximate surface area is 175 Å². The minimum atomic E-state index is -0.195. The van der Waals surface area contributed by atoms with Crippen molar-refractivity contribution in [2.24, 2.45) is 0 Å². The van der Waals surface area contributed by atoms with E-state index in [1.54, 1.807) is 9.42 Å². The molecule has 0 aromatic carbocycles. The molecule has 0 saturated carbocycles. The minimum absolute atomic E-state index is 0. The number of piperidine rings is 1. The first-order valence-electron chi connectivity index (χ1n) is 9.03. The Morgan fingerprint density at radius 1 is 1.21 bits per heavy atom. The third-order valence-electron chi connectivity index (χ3n) is 5.06. The van der Waals surface area contributed by atoms with Crippen LogP contribution in [0.2, 0.25) is 0 Å². The summed E-state index contributed by atoms with van der Waals surface area (Å²) in [6.07, 6.45) is 1.80. The van der Waals surface area contributed by atoms with Crippen LogP contribution in [0.15, 0.2) is 6.07 Å². The predicted octanol–water partition coefficient (Wildman–Crippen LogP) is 0.621. The summed E-state index contributed by atoms with van der Waals surface area (Å²) in [4.78, 5) is 37.4. The molecule has 1 unspecified atom stereocenters. The van der Waals surface area contributed by atoms with E-state index in [4.69, 9.17) is 0 Å². The SMILES string of the molecule is Cc1cc(C)n2nc(C(=O)N3CCCC(N4CCNCC4=O)C3)nc2n1.Cl.Cl. The number of carbonyl (C=O) groups is 2. The van der Waals surface area contributed by atoms with Crippen molar-refractivity contribution in [3.05, 3.63) is 23.3 Å². The van der Waals surface area contributed by atoms with Crippen molar-refractivity contribution >= 4 is 42.4 Å². The highest BCUT2D eigenvalue weighted by Gasteiger charge is 2.33. The van der Waals surface area contributed by atoms with Crippen molar-refractivity contribution in [1.29, 1.82) is 0 Å².